The molecule has 0 fully saturated rings. The van der Waals surface area contributed by atoms with Gasteiger partial charge in [-0.2, -0.15) is 0 Å². The molecule has 18 heavy (non-hydrogen) atoms. The zero-order valence-corrected chi connectivity index (χ0v) is 10.4. The monoisotopic (exact) mass is 254 g/mol. The van der Waals surface area contributed by atoms with E-state index in [-0.39, 0.29) is 12.3 Å². The smallest absolute Gasteiger partial charge is 0.356 e. The van der Waals surface area contributed by atoms with E-state index < -0.39 is 5.97 Å². The van der Waals surface area contributed by atoms with Gasteiger partial charge in [0.2, 0.25) is 0 Å². The number of aliphatic hydroxyl groups excluding tert-OH is 1. The number of nitrogens with zero attached hydrogens (tertiary/aromatic N) is 1. The fourth-order valence-corrected chi connectivity index (χ4v) is 1.33. The maximum atomic E-state index is 11.3. The molecule has 0 unspecified atom stereocenters. The van der Waals surface area contributed by atoms with Crippen LogP contribution >= 0.6 is 0 Å². The Labute approximate surface area is 106 Å². The van der Waals surface area contributed by atoms with Gasteiger partial charge in [-0.05, 0) is 18.6 Å². The van der Waals surface area contributed by atoms with Gasteiger partial charge in [-0.25, -0.2) is 9.78 Å². The quantitative estimate of drug-likeness (QED) is 0.524. The molecule has 1 rings (SSSR count). The molecule has 1 aromatic heterocycles. The zero-order chi connectivity index (χ0) is 13.2. The van der Waals surface area contributed by atoms with Gasteiger partial charge in [0.15, 0.2) is 0 Å². The van der Waals surface area contributed by atoms with Crippen molar-refractivity contribution in [3.8, 4) is 0 Å². The summed E-state index contributed by atoms with van der Waals surface area (Å²) in [5, 5.41) is 11.7. The number of ether oxygens (including phenoxy) is 2. The standard InChI is InChI=1S/C12H18N2O4/c1-17-12(16)11-9-10(3-5-14-11)13-4-2-7-18-8-6-15/h3,5,9,15H,2,4,6-8H2,1H3,(H,13,14). The number of hydrogen-bond donors (Lipinski definition) is 2. The van der Waals surface area contributed by atoms with E-state index in [1.54, 1.807) is 18.3 Å². The SMILES string of the molecule is COC(=O)c1cc(NCCCOCCO)ccn1. The Hall–Kier alpha value is -1.66. The molecule has 0 aliphatic rings. The van der Waals surface area contributed by atoms with E-state index in [1.165, 1.54) is 7.11 Å². The van der Waals surface area contributed by atoms with Gasteiger partial charge >= 0.3 is 5.97 Å². The molecular formula is C12H18N2O4. The van der Waals surface area contributed by atoms with E-state index >= 15 is 0 Å². The number of carbonyl (C=O) groups is 1. The molecule has 1 aromatic rings. The van der Waals surface area contributed by atoms with Gasteiger partial charge in [-0.15, -0.1) is 0 Å². The first-order valence-corrected chi connectivity index (χ1v) is 5.74. The lowest BCUT2D eigenvalue weighted by atomic mass is 10.3. The number of aromatic nitrogens is 1. The minimum absolute atomic E-state index is 0.0419. The Bertz CT molecular complexity index is 371. The highest BCUT2D eigenvalue weighted by Crippen LogP contribution is 2.08. The topological polar surface area (TPSA) is 80.7 Å². The van der Waals surface area contributed by atoms with Crippen molar-refractivity contribution >= 4 is 11.7 Å². The molecular weight excluding hydrogens is 236 g/mol. The molecule has 0 spiro atoms. The summed E-state index contributed by atoms with van der Waals surface area (Å²) >= 11 is 0. The van der Waals surface area contributed by atoms with Crippen molar-refractivity contribution in [1.29, 1.82) is 0 Å². The molecule has 1 heterocycles. The third kappa shape index (κ3) is 5.11. The van der Waals surface area contributed by atoms with Crippen LogP contribution in [-0.4, -0.2) is 49.5 Å². The van der Waals surface area contributed by atoms with Crippen LogP contribution in [0, 0.1) is 0 Å². The van der Waals surface area contributed by atoms with Crippen molar-refractivity contribution in [2.75, 3.05) is 38.8 Å². The number of nitrogens with one attached hydrogen (secondary N) is 1. The van der Waals surface area contributed by atoms with Crippen molar-refractivity contribution in [3.05, 3.63) is 24.0 Å². The van der Waals surface area contributed by atoms with Crippen molar-refractivity contribution in [3.63, 3.8) is 0 Å². The Morgan fingerprint density at radius 3 is 3.06 bits per heavy atom. The first kappa shape index (κ1) is 14.4. The van der Waals surface area contributed by atoms with Gasteiger partial charge in [0.1, 0.15) is 5.69 Å². The van der Waals surface area contributed by atoms with Gasteiger partial charge in [-0.3, -0.25) is 0 Å². The average Bonchev–Trinajstić information content (AvgIpc) is 2.42. The molecule has 2 N–H and O–H groups in total. The van der Waals surface area contributed by atoms with Crippen LogP contribution in [-0.2, 0) is 9.47 Å². The molecule has 0 saturated heterocycles. The first-order valence-electron chi connectivity index (χ1n) is 5.74. The number of rotatable bonds is 8. The van der Waals surface area contributed by atoms with Gasteiger partial charge < -0.3 is 19.9 Å². The summed E-state index contributed by atoms with van der Waals surface area (Å²) in [4.78, 5) is 15.2. The minimum Gasteiger partial charge on any atom is -0.464 e. The normalized spacial score (nSPS) is 10.1. The second-order valence-corrected chi connectivity index (χ2v) is 3.54. The van der Waals surface area contributed by atoms with Crippen molar-refractivity contribution < 1.29 is 19.4 Å². The third-order valence-electron chi connectivity index (χ3n) is 2.18. The fourth-order valence-electron chi connectivity index (χ4n) is 1.33. The van der Waals surface area contributed by atoms with Crippen LogP contribution in [0.2, 0.25) is 0 Å². The van der Waals surface area contributed by atoms with E-state index in [1.807, 2.05) is 0 Å². The van der Waals surface area contributed by atoms with Crippen molar-refractivity contribution in [2.24, 2.45) is 0 Å². The first-order chi connectivity index (χ1) is 8.77. The van der Waals surface area contributed by atoms with Crippen LogP contribution in [0.15, 0.2) is 18.3 Å². The molecule has 100 valence electrons. The van der Waals surface area contributed by atoms with E-state index in [0.29, 0.717) is 13.2 Å². The van der Waals surface area contributed by atoms with E-state index in [9.17, 15) is 4.79 Å². The maximum absolute atomic E-state index is 11.3. The summed E-state index contributed by atoms with van der Waals surface area (Å²) in [5.41, 5.74) is 1.09. The predicted molar refractivity (Wildman–Crippen MR) is 66.6 cm³/mol. The summed E-state index contributed by atoms with van der Waals surface area (Å²) in [6.45, 7) is 1.71. The molecule has 0 aromatic carbocycles. The number of aliphatic hydroxyl groups is 1. The number of hydrogen-bond acceptors (Lipinski definition) is 6. The molecule has 6 nitrogen and oxygen atoms in total. The second-order valence-electron chi connectivity index (χ2n) is 3.54. The van der Waals surface area contributed by atoms with E-state index in [2.05, 4.69) is 15.0 Å². The molecule has 0 aliphatic carbocycles. The van der Waals surface area contributed by atoms with Crippen LogP contribution in [0.5, 0.6) is 0 Å². The fraction of sp³-hybridized carbons (Fsp3) is 0.500. The highest BCUT2D eigenvalue weighted by molar-refractivity contribution is 5.88. The molecule has 6 heteroatoms. The number of anilines is 1. The second kappa shape index (κ2) is 8.43. The summed E-state index contributed by atoms with van der Waals surface area (Å²) in [6.07, 6.45) is 2.37. The lowest BCUT2D eigenvalue weighted by Gasteiger charge is -2.07. The number of carbonyl (C=O) groups excluding carboxylic acids is 1. The summed E-state index contributed by atoms with van der Waals surface area (Å²) in [6, 6.07) is 3.42. The van der Waals surface area contributed by atoms with Crippen molar-refractivity contribution in [1.82, 2.24) is 4.98 Å². The van der Waals surface area contributed by atoms with Crippen LogP contribution in [0.3, 0.4) is 0 Å². The summed E-state index contributed by atoms with van der Waals surface area (Å²) in [7, 11) is 1.32. The van der Waals surface area contributed by atoms with Gasteiger partial charge in [-0.1, -0.05) is 0 Å². The Morgan fingerprint density at radius 1 is 1.50 bits per heavy atom. The maximum Gasteiger partial charge on any atom is 0.356 e. The number of methoxy groups -OCH3 is 1. The molecule has 0 aliphatic heterocycles. The Kier molecular flexibility index (Phi) is 6.75. The van der Waals surface area contributed by atoms with Gasteiger partial charge in [0.25, 0.3) is 0 Å². The Balaban J connectivity index is 2.32. The van der Waals surface area contributed by atoms with Gasteiger partial charge in [0.05, 0.1) is 20.3 Å². The number of esters is 1. The largest absolute Gasteiger partial charge is 0.464 e. The van der Waals surface area contributed by atoms with Crippen LogP contribution < -0.4 is 5.32 Å². The molecule has 0 bridgehead atoms. The average molecular weight is 254 g/mol. The molecule has 0 atom stereocenters. The van der Waals surface area contributed by atoms with Gasteiger partial charge in [0, 0.05) is 25.0 Å². The minimum atomic E-state index is -0.454. The van der Waals surface area contributed by atoms with Crippen molar-refractivity contribution in [2.45, 2.75) is 6.42 Å². The van der Waals surface area contributed by atoms with Crippen LogP contribution in [0.1, 0.15) is 16.9 Å². The highest BCUT2D eigenvalue weighted by Gasteiger charge is 2.06. The molecule has 0 radical (unpaired) electrons. The third-order valence-corrected chi connectivity index (χ3v) is 2.18. The molecule has 0 amide bonds. The highest BCUT2D eigenvalue weighted by atomic mass is 16.5. The lowest BCUT2D eigenvalue weighted by molar-refractivity contribution is 0.0594. The lowest BCUT2D eigenvalue weighted by Crippen LogP contribution is -2.09. The van der Waals surface area contributed by atoms with Crippen LogP contribution in [0.25, 0.3) is 0 Å². The summed E-state index contributed by atoms with van der Waals surface area (Å²) < 4.78 is 9.71. The van der Waals surface area contributed by atoms with Crippen LogP contribution in [0.4, 0.5) is 5.69 Å². The zero-order valence-electron chi connectivity index (χ0n) is 10.4. The van der Waals surface area contributed by atoms with E-state index in [0.717, 1.165) is 18.7 Å². The summed E-state index contributed by atoms with van der Waals surface area (Å²) in [5.74, 6) is -0.454. The Morgan fingerprint density at radius 2 is 2.33 bits per heavy atom. The predicted octanol–water partition coefficient (Wildman–Crippen LogP) is 0.679. The number of pyridine rings is 1. The van der Waals surface area contributed by atoms with E-state index in [4.69, 9.17) is 9.84 Å². The molecule has 0 saturated carbocycles.